The minimum absolute atomic E-state index is 0.0539. The molecule has 33 heavy (non-hydrogen) atoms. The maximum absolute atomic E-state index is 13.3. The number of aliphatic hydroxyl groups is 1. The lowest BCUT2D eigenvalue weighted by molar-refractivity contribution is -0.153. The van der Waals surface area contributed by atoms with E-state index in [1.54, 1.807) is 26.8 Å². The molecule has 0 spiro atoms. The van der Waals surface area contributed by atoms with E-state index < -0.39 is 50.9 Å². The Morgan fingerprint density at radius 1 is 1.18 bits per heavy atom. The summed E-state index contributed by atoms with van der Waals surface area (Å²) in [5.74, 6) is -0.413. The number of carbonyl (C=O) groups is 1. The maximum atomic E-state index is 13.3. The Bertz CT molecular complexity index is 1140. The third kappa shape index (κ3) is 5.77. The van der Waals surface area contributed by atoms with Gasteiger partial charge in [0.25, 0.3) is 10.0 Å². The number of esters is 1. The highest BCUT2D eigenvalue weighted by molar-refractivity contribution is 7.92. The molecule has 180 valence electrons. The average molecular weight is 487 g/mol. The normalized spacial score (nSPS) is 16.7. The predicted octanol–water partition coefficient (Wildman–Crippen LogP) is 3.54. The maximum Gasteiger partial charge on any atom is 0.416 e. The summed E-state index contributed by atoms with van der Waals surface area (Å²) < 4.78 is 77.9. The number of ether oxygens (including phenoxy) is 2. The van der Waals surface area contributed by atoms with E-state index in [0.717, 1.165) is 22.5 Å². The van der Waals surface area contributed by atoms with Gasteiger partial charge in [0.2, 0.25) is 0 Å². The van der Waals surface area contributed by atoms with E-state index in [2.05, 4.69) is 0 Å². The van der Waals surface area contributed by atoms with Crippen molar-refractivity contribution in [2.75, 3.05) is 17.5 Å². The first-order valence-electron chi connectivity index (χ1n) is 10.0. The van der Waals surface area contributed by atoms with Crippen molar-refractivity contribution in [1.82, 2.24) is 0 Å². The second kappa shape index (κ2) is 8.86. The van der Waals surface area contributed by atoms with Crippen LogP contribution in [-0.4, -0.2) is 44.4 Å². The molecule has 1 aliphatic rings. The van der Waals surface area contributed by atoms with Crippen molar-refractivity contribution in [3.63, 3.8) is 0 Å². The van der Waals surface area contributed by atoms with Crippen molar-refractivity contribution in [1.29, 1.82) is 0 Å². The van der Waals surface area contributed by atoms with E-state index in [-0.39, 0.29) is 24.4 Å². The summed E-state index contributed by atoms with van der Waals surface area (Å²) in [5.41, 5.74) is -1.33. The molecule has 0 radical (unpaired) electrons. The van der Waals surface area contributed by atoms with E-state index in [1.807, 2.05) is 0 Å². The van der Waals surface area contributed by atoms with Gasteiger partial charge in [-0.15, -0.1) is 0 Å². The molecule has 0 aromatic heterocycles. The first kappa shape index (κ1) is 24.8. The van der Waals surface area contributed by atoms with Crippen LogP contribution < -0.4 is 9.04 Å². The molecule has 1 heterocycles. The number of benzene rings is 2. The molecule has 1 aliphatic heterocycles. The van der Waals surface area contributed by atoms with Crippen molar-refractivity contribution in [3.05, 3.63) is 53.6 Å². The molecule has 0 bridgehead atoms. The van der Waals surface area contributed by atoms with Gasteiger partial charge in [-0.3, -0.25) is 9.10 Å². The first-order valence-corrected chi connectivity index (χ1v) is 11.5. The van der Waals surface area contributed by atoms with Gasteiger partial charge in [-0.2, -0.15) is 13.2 Å². The topological polar surface area (TPSA) is 93.1 Å². The van der Waals surface area contributed by atoms with Crippen LogP contribution in [0.4, 0.5) is 18.9 Å². The monoisotopic (exact) mass is 487 g/mol. The molecule has 0 aliphatic carbocycles. The van der Waals surface area contributed by atoms with Gasteiger partial charge in [0.15, 0.2) is 0 Å². The fourth-order valence-electron chi connectivity index (χ4n) is 3.29. The number of halogens is 3. The summed E-state index contributed by atoms with van der Waals surface area (Å²) in [5, 5.41) is 9.55. The van der Waals surface area contributed by atoms with Gasteiger partial charge >= 0.3 is 12.1 Å². The van der Waals surface area contributed by atoms with Crippen LogP contribution in [0.25, 0.3) is 0 Å². The fourth-order valence-corrected chi connectivity index (χ4v) is 4.84. The smallest absolute Gasteiger partial charge is 0.416 e. The lowest BCUT2D eigenvalue weighted by atomic mass is 10.1. The number of alkyl halides is 3. The molecule has 0 saturated carbocycles. The van der Waals surface area contributed by atoms with Gasteiger partial charge in [0, 0.05) is 0 Å². The minimum atomic E-state index is -4.72. The van der Waals surface area contributed by atoms with E-state index >= 15 is 0 Å². The highest BCUT2D eigenvalue weighted by Crippen LogP contribution is 2.39. The molecule has 2 aromatic rings. The lowest BCUT2D eigenvalue weighted by Crippen LogP contribution is -2.45. The summed E-state index contributed by atoms with van der Waals surface area (Å²) >= 11 is 0. The van der Waals surface area contributed by atoms with Gasteiger partial charge in [0.05, 0.1) is 35.7 Å². The zero-order valence-corrected chi connectivity index (χ0v) is 19.0. The number of nitrogens with zero attached hydrogens (tertiary/aromatic N) is 1. The Kier molecular flexibility index (Phi) is 6.67. The summed E-state index contributed by atoms with van der Waals surface area (Å²) in [6.07, 6.45) is -5.79. The summed E-state index contributed by atoms with van der Waals surface area (Å²) in [6, 6.07) is 7.84. The van der Waals surface area contributed by atoms with E-state index in [0.29, 0.717) is 11.6 Å². The minimum Gasteiger partial charge on any atom is -0.484 e. The lowest BCUT2D eigenvalue weighted by Gasteiger charge is -2.35. The van der Waals surface area contributed by atoms with Crippen molar-refractivity contribution >= 4 is 21.7 Å². The molecule has 0 amide bonds. The third-order valence-electron chi connectivity index (χ3n) is 4.68. The van der Waals surface area contributed by atoms with Gasteiger partial charge < -0.3 is 14.6 Å². The number of hydrogen-bond acceptors (Lipinski definition) is 6. The molecule has 0 unspecified atom stereocenters. The molecule has 2 aromatic carbocycles. The SMILES string of the molecule is CC(C)(C)OC(=O)Cc1ccc2c(c1)N(S(=O)(=O)c1cccc(C(F)(F)F)c1)C[C@H](CO)O2. The van der Waals surface area contributed by atoms with Crippen LogP contribution in [-0.2, 0) is 32.2 Å². The number of fused-ring (bicyclic) bond motifs is 1. The average Bonchev–Trinajstić information content (AvgIpc) is 2.71. The van der Waals surface area contributed by atoms with Crippen LogP contribution in [0.5, 0.6) is 5.75 Å². The molecule has 1 N–H and O–H groups in total. The van der Waals surface area contributed by atoms with Crippen molar-refractivity contribution < 1.29 is 41.0 Å². The molecule has 0 saturated heterocycles. The Hall–Kier alpha value is -2.79. The molecular formula is C22H24F3NO6S. The molecule has 3 rings (SSSR count). The van der Waals surface area contributed by atoms with E-state index in [9.17, 15) is 31.5 Å². The van der Waals surface area contributed by atoms with Crippen molar-refractivity contribution in [3.8, 4) is 5.75 Å². The summed E-state index contributed by atoms with van der Waals surface area (Å²) in [4.78, 5) is 11.6. The van der Waals surface area contributed by atoms with Crippen LogP contribution in [0.3, 0.4) is 0 Å². The number of anilines is 1. The van der Waals surface area contributed by atoms with Crippen LogP contribution in [0.1, 0.15) is 31.9 Å². The molecule has 11 heteroatoms. The molecular weight excluding hydrogens is 463 g/mol. The van der Waals surface area contributed by atoms with Crippen molar-refractivity contribution in [2.45, 2.75) is 50.0 Å². The van der Waals surface area contributed by atoms with Gasteiger partial charge in [-0.05, 0) is 56.7 Å². The number of carbonyl (C=O) groups excluding carboxylic acids is 1. The van der Waals surface area contributed by atoms with Crippen LogP contribution in [0.15, 0.2) is 47.4 Å². The quantitative estimate of drug-likeness (QED) is 0.649. The van der Waals surface area contributed by atoms with Gasteiger partial charge in [-0.1, -0.05) is 12.1 Å². The highest BCUT2D eigenvalue weighted by atomic mass is 32.2. The largest absolute Gasteiger partial charge is 0.484 e. The molecule has 7 nitrogen and oxygen atoms in total. The Morgan fingerprint density at radius 3 is 2.48 bits per heavy atom. The zero-order chi connectivity index (χ0) is 24.6. The Balaban J connectivity index is 2.02. The molecule has 0 fully saturated rings. The number of rotatable bonds is 5. The zero-order valence-electron chi connectivity index (χ0n) is 18.2. The summed E-state index contributed by atoms with van der Waals surface area (Å²) in [7, 11) is -4.45. The first-order chi connectivity index (χ1) is 15.2. The van der Waals surface area contributed by atoms with Crippen molar-refractivity contribution in [2.24, 2.45) is 0 Å². The molecule has 1 atom stereocenters. The number of hydrogen-bond donors (Lipinski definition) is 1. The third-order valence-corrected chi connectivity index (χ3v) is 6.45. The predicted molar refractivity (Wildman–Crippen MR) is 113 cm³/mol. The Labute approximate surface area is 189 Å². The number of aliphatic hydroxyl groups excluding tert-OH is 1. The van der Waals surface area contributed by atoms with E-state index in [1.165, 1.54) is 12.1 Å². The standard InChI is InChI=1S/C22H24F3NO6S/c1-21(2,3)32-20(28)10-14-7-8-19-18(9-14)26(12-16(13-27)31-19)33(29,30)17-6-4-5-15(11-17)22(23,24)25/h4-9,11,16,27H,10,12-13H2,1-3H3/t16-/m1/s1. The second-order valence-corrected chi connectivity index (χ2v) is 10.4. The fraction of sp³-hybridized carbons (Fsp3) is 0.409. The highest BCUT2D eigenvalue weighted by Gasteiger charge is 2.37. The number of sulfonamides is 1. The van der Waals surface area contributed by atoms with Crippen LogP contribution in [0, 0.1) is 0 Å². The van der Waals surface area contributed by atoms with E-state index in [4.69, 9.17) is 9.47 Å². The van der Waals surface area contributed by atoms with Crippen LogP contribution in [0.2, 0.25) is 0 Å². The van der Waals surface area contributed by atoms with Crippen LogP contribution >= 0.6 is 0 Å². The second-order valence-electron chi connectivity index (χ2n) is 8.55. The van der Waals surface area contributed by atoms with Gasteiger partial charge in [0.1, 0.15) is 17.5 Å². The Morgan fingerprint density at radius 2 is 1.88 bits per heavy atom. The summed E-state index contributed by atoms with van der Waals surface area (Å²) in [6.45, 7) is 4.31. The van der Waals surface area contributed by atoms with Gasteiger partial charge in [-0.25, -0.2) is 8.42 Å².